The number of nitrogens with zero attached hydrogens (tertiary/aromatic N) is 4. The molecular formula is C12H11BrClN5S. The van der Waals surface area contributed by atoms with Gasteiger partial charge in [-0.3, -0.25) is 4.68 Å². The van der Waals surface area contributed by atoms with Crippen LogP contribution < -0.4 is 5.32 Å². The van der Waals surface area contributed by atoms with Crippen LogP contribution in [-0.2, 0) is 13.6 Å². The van der Waals surface area contributed by atoms with Crippen LogP contribution in [0.25, 0.3) is 11.0 Å². The quantitative estimate of drug-likeness (QED) is 0.760. The van der Waals surface area contributed by atoms with Gasteiger partial charge in [0.25, 0.3) is 0 Å². The van der Waals surface area contributed by atoms with Crippen molar-refractivity contribution in [2.75, 3.05) is 5.32 Å². The van der Waals surface area contributed by atoms with Gasteiger partial charge in [-0.2, -0.15) is 13.8 Å². The maximum Gasteiger partial charge on any atom is 0.129 e. The Morgan fingerprint density at radius 1 is 1.40 bits per heavy atom. The molecule has 0 saturated heterocycles. The van der Waals surface area contributed by atoms with Gasteiger partial charge in [-0.25, -0.2) is 0 Å². The number of rotatable bonds is 3. The van der Waals surface area contributed by atoms with Crippen LogP contribution in [0.4, 0.5) is 5.69 Å². The Morgan fingerprint density at radius 2 is 2.20 bits per heavy atom. The molecule has 2 heterocycles. The summed E-state index contributed by atoms with van der Waals surface area (Å²) < 4.78 is 11.4. The Morgan fingerprint density at radius 3 is 2.90 bits per heavy atom. The van der Waals surface area contributed by atoms with Crippen LogP contribution in [0.15, 0.2) is 16.6 Å². The number of anilines is 1. The molecule has 0 radical (unpaired) electrons. The number of aromatic nitrogens is 4. The maximum atomic E-state index is 6.25. The monoisotopic (exact) mass is 371 g/mol. The van der Waals surface area contributed by atoms with Crippen LogP contribution in [0.3, 0.4) is 0 Å². The molecule has 3 aromatic rings. The first kappa shape index (κ1) is 13.8. The lowest BCUT2D eigenvalue weighted by molar-refractivity contribution is 0.713. The molecular weight excluding hydrogens is 362 g/mol. The highest BCUT2D eigenvalue weighted by molar-refractivity contribution is 9.10. The van der Waals surface area contributed by atoms with E-state index in [1.807, 2.05) is 30.8 Å². The molecule has 5 nitrogen and oxygen atoms in total. The Hall–Kier alpha value is -1.18. The number of aryl methyl sites for hydroxylation is 2. The van der Waals surface area contributed by atoms with Crippen molar-refractivity contribution in [3.63, 3.8) is 0 Å². The van der Waals surface area contributed by atoms with Crippen LogP contribution in [-0.4, -0.2) is 18.5 Å². The SMILES string of the molecule is Cc1nn(C)c(CNc2c(Cl)ccc3nsnc23)c1Br. The molecule has 0 aliphatic rings. The average molecular weight is 373 g/mol. The van der Waals surface area contributed by atoms with E-state index in [9.17, 15) is 0 Å². The predicted octanol–water partition coefficient (Wildman–Crippen LogP) is 3.76. The lowest BCUT2D eigenvalue weighted by Gasteiger charge is -2.09. The second-order valence-electron chi connectivity index (χ2n) is 4.38. The average Bonchev–Trinajstić information content (AvgIpc) is 2.97. The molecule has 0 amide bonds. The standard InChI is InChI=1S/C12H11BrClN5S/c1-6-10(13)9(19(2)16-6)5-15-11-7(14)3-4-8-12(11)18-20-17-8/h3-4,15H,5H2,1-2H3. The number of halogens is 2. The number of hydrogen-bond acceptors (Lipinski definition) is 5. The predicted molar refractivity (Wildman–Crippen MR) is 85.4 cm³/mol. The molecule has 0 fully saturated rings. The first-order valence-electron chi connectivity index (χ1n) is 5.90. The highest BCUT2D eigenvalue weighted by Crippen LogP contribution is 2.31. The summed E-state index contributed by atoms with van der Waals surface area (Å²) in [5.41, 5.74) is 4.48. The molecule has 0 atom stereocenters. The third-order valence-electron chi connectivity index (χ3n) is 3.07. The Bertz CT molecular complexity index is 782. The maximum absolute atomic E-state index is 6.25. The summed E-state index contributed by atoms with van der Waals surface area (Å²) in [5, 5.41) is 8.34. The van der Waals surface area contributed by atoms with Crippen molar-refractivity contribution in [2.45, 2.75) is 13.5 Å². The van der Waals surface area contributed by atoms with Crippen molar-refractivity contribution in [2.24, 2.45) is 7.05 Å². The lowest BCUT2D eigenvalue weighted by Crippen LogP contribution is -2.06. The number of nitrogens with one attached hydrogen (secondary N) is 1. The molecule has 104 valence electrons. The molecule has 1 N–H and O–H groups in total. The highest BCUT2D eigenvalue weighted by Gasteiger charge is 2.13. The fourth-order valence-electron chi connectivity index (χ4n) is 2.04. The van der Waals surface area contributed by atoms with Gasteiger partial charge in [-0.1, -0.05) is 11.6 Å². The van der Waals surface area contributed by atoms with Crippen LogP contribution in [0, 0.1) is 6.92 Å². The van der Waals surface area contributed by atoms with Crippen molar-refractivity contribution >= 4 is 56.0 Å². The van der Waals surface area contributed by atoms with E-state index in [-0.39, 0.29) is 0 Å². The Labute approximate surface area is 133 Å². The van der Waals surface area contributed by atoms with Gasteiger partial charge in [0, 0.05) is 7.05 Å². The van der Waals surface area contributed by atoms with Gasteiger partial charge in [0.2, 0.25) is 0 Å². The Balaban J connectivity index is 1.94. The van der Waals surface area contributed by atoms with Gasteiger partial charge >= 0.3 is 0 Å². The van der Waals surface area contributed by atoms with Crippen LogP contribution in [0.2, 0.25) is 5.02 Å². The second kappa shape index (κ2) is 5.31. The van der Waals surface area contributed by atoms with E-state index in [0.29, 0.717) is 11.6 Å². The molecule has 3 rings (SSSR count). The molecule has 0 aliphatic carbocycles. The van der Waals surface area contributed by atoms with E-state index in [0.717, 1.165) is 32.6 Å². The summed E-state index contributed by atoms with van der Waals surface area (Å²) in [7, 11) is 1.92. The second-order valence-corrected chi connectivity index (χ2v) is 6.11. The van der Waals surface area contributed by atoms with Gasteiger partial charge in [0.15, 0.2) is 0 Å². The Kier molecular flexibility index (Phi) is 3.66. The van der Waals surface area contributed by atoms with Gasteiger partial charge in [-0.05, 0) is 35.0 Å². The van der Waals surface area contributed by atoms with E-state index in [4.69, 9.17) is 11.6 Å². The zero-order chi connectivity index (χ0) is 14.3. The minimum Gasteiger partial charge on any atom is -0.376 e. The molecule has 0 bridgehead atoms. The molecule has 20 heavy (non-hydrogen) atoms. The third kappa shape index (κ3) is 2.30. The van der Waals surface area contributed by atoms with Gasteiger partial charge in [0.05, 0.1) is 44.8 Å². The fraction of sp³-hybridized carbons (Fsp3) is 0.250. The minimum atomic E-state index is 0.605. The number of benzene rings is 1. The zero-order valence-electron chi connectivity index (χ0n) is 10.8. The van der Waals surface area contributed by atoms with E-state index in [1.54, 1.807) is 0 Å². The molecule has 2 aromatic heterocycles. The van der Waals surface area contributed by atoms with Crippen molar-refractivity contribution in [3.8, 4) is 0 Å². The summed E-state index contributed by atoms with van der Waals surface area (Å²) in [5.74, 6) is 0. The largest absolute Gasteiger partial charge is 0.376 e. The minimum absolute atomic E-state index is 0.605. The third-order valence-corrected chi connectivity index (χ3v) is 4.96. The van der Waals surface area contributed by atoms with Crippen LogP contribution in [0.5, 0.6) is 0 Å². The van der Waals surface area contributed by atoms with Crippen molar-refractivity contribution in [1.82, 2.24) is 18.5 Å². The first-order chi connectivity index (χ1) is 9.58. The van der Waals surface area contributed by atoms with Gasteiger partial charge in [-0.15, -0.1) is 0 Å². The molecule has 8 heteroatoms. The molecule has 0 unspecified atom stereocenters. The van der Waals surface area contributed by atoms with E-state index in [1.165, 1.54) is 11.7 Å². The zero-order valence-corrected chi connectivity index (χ0v) is 14.0. The van der Waals surface area contributed by atoms with E-state index < -0.39 is 0 Å². The van der Waals surface area contributed by atoms with Crippen molar-refractivity contribution in [3.05, 3.63) is 33.0 Å². The fourth-order valence-corrected chi connectivity index (χ4v) is 3.28. The van der Waals surface area contributed by atoms with E-state index in [2.05, 4.69) is 35.1 Å². The topological polar surface area (TPSA) is 55.6 Å². The van der Waals surface area contributed by atoms with Crippen LogP contribution >= 0.6 is 39.3 Å². The van der Waals surface area contributed by atoms with Gasteiger partial charge < -0.3 is 5.32 Å². The summed E-state index contributed by atoms with van der Waals surface area (Å²) >= 11 is 11.0. The summed E-state index contributed by atoms with van der Waals surface area (Å²) in [6.45, 7) is 2.57. The molecule has 0 spiro atoms. The van der Waals surface area contributed by atoms with Gasteiger partial charge in [0.1, 0.15) is 11.0 Å². The number of hydrogen-bond donors (Lipinski definition) is 1. The smallest absolute Gasteiger partial charge is 0.129 e. The number of fused-ring (bicyclic) bond motifs is 1. The summed E-state index contributed by atoms with van der Waals surface area (Å²) in [6.07, 6.45) is 0. The van der Waals surface area contributed by atoms with Crippen molar-refractivity contribution < 1.29 is 0 Å². The highest BCUT2D eigenvalue weighted by atomic mass is 79.9. The molecule has 1 aromatic carbocycles. The summed E-state index contributed by atoms with van der Waals surface area (Å²) in [6, 6.07) is 3.70. The normalized spacial score (nSPS) is 11.2. The lowest BCUT2D eigenvalue weighted by atomic mass is 10.2. The molecule has 0 saturated carbocycles. The molecule has 0 aliphatic heterocycles. The first-order valence-corrected chi connectivity index (χ1v) is 7.80. The summed E-state index contributed by atoms with van der Waals surface area (Å²) in [4.78, 5) is 0. The van der Waals surface area contributed by atoms with Crippen LogP contribution in [0.1, 0.15) is 11.4 Å². The van der Waals surface area contributed by atoms with Crippen molar-refractivity contribution in [1.29, 1.82) is 0 Å². The van der Waals surface area contributed by atoms with E-state index >= 15 is 0 Å².